The average Bonchev–Trinajstić information content (AvgIpc) is 2.14. The molecule has 0 unspecified atom stereocenters. The molecule has 17 heavy (non-hydrogen) atoms. The monoisotopic (exact) mass is 252 g/mol. The third-order valence-electron chi connectivity index (χ3n) is 3.65. The molecule has 0 saturated heterocycles. The van der Waals surface area contributed by atoms with Crippen molar-refractivity contribution in [3.05, 3.63) is 29.8 Å². The fourth-order valence-electron chi connectivity index (χ4n) is 2.25. The van der Waals surface area contributed by atoms with Crippen LogP contribution in [0.4, 0.5) is 0 Å². The Morgan fingerprint density at radius 1 is 1.18 bits per heavy atom. The number of sulfone groups is 1. The van der Waals surface area contributed by atoms with Crippen molar-refractivity contribution in [1.29, 1.82) is 0 Å². The summed E-state index contributed by atoms with van der Waals surface area (Å²) in [4.78, 5) is 11.9. The Kier molecular flexibility index (Phi) is 2.86. The Bertz CT molecular complexity index is 537. The van der Waals surface area contributed by atoms with E-state index in [2.05, 4.69) is 0 Å². The Morgan fingerprint density at radius 3 is 2.06 bits per heavy atom. The predicted molar refractivity (Wildman–Crippen MR) is 65.6 cm³/mol. The molecule has 0 atom stereocenters. The molecule has 0 aromatic heterocycles. The van der Waals surface area contributed by atoms with E-state index < -0.39 is 14.6 Å². The molecular formula is C13H16O3S. The van der Waals surface area contributed by atoms with E-state index in [0.29, 0.717) is 12.8 Å². The molecule has 1 fully saturated rings. The Hall–Kier alpha value is -1.16. The van der Waals surface area contributed by atoms with Gasteiger partial charge in [0.05, 0.1) is 4.90 Å². The van der Waals surface area contributed by atoms with Gasteiger partial charge in [-0.2, -0.15) is 0 Å². The largest absolute Gasteiger partial charge is 0.298 e. The zero-order valence-electron chi connectivity index (χ0n) is 10.1. The number of Topliss-reactive ketones (excluding diaryl/α,β-unsaturated/α-hetero) is 1. The first kappa shape index (κ1) is 12.3. The number of benzene rings is 1. The number of hydrogen-bond donors (Lipinski definition) is 0. The minimum atomic E-state index is -3.53. The van der Waals surface area contributed by atoms with Gasteiger partial charge in [-0.1, -0.05) is 17.7 Å². The van der Waals surface area contributed by atoms with Crippen LogP contribution in [0.5, 0.6) is 0 Å². The number of aryl methyl sites for hydroxylation is 1. The van der Waals surface area contributed by atoms with Gasteiger partial charge in [-0.3, -0.25) is 4.79 Å². The van der Waals surface area contributed by atoms with E-state index in [0.717, 1.165) is 12.0 Å². The number of ketones is 1. The first-order valence-electron chi connectivity index (χ1n) is 5.72. The van der Waals surface area contributed by atoms with Crippen molar-refractivity contribution < 1.29 is 13.2 Å². The SMILES string of the molecule is CC(=O)C1(S(=O)(=O)c2ccc(C)cc2)CCC1. The van der Waals surface area contributed by atoms with E-state index in [1.807, 2.05) is 6.92 Å². The zero-order valence-corrected chi connectivity index (χ0v) is 10.9. The summed E-state index contributed by atoms with van der Waals surface area (Å²) in [5.74, 6) is -0.232. The lowest BCUT2D eigenvalue weighted by molar-refractivity contribution is -0.121. The highest BCUT2D eigenvalue weighted by Gasteiger charge is 2.53. The van der Waals surface area contributed by atoms with Crippen LogP contribution in [0.15, 0.2) is 29.2 Å². The topological polar surface area (TPSA) is 51.2 Å². The van der Waals surface area contributed by atoms with Crippen molar-refractivity contribution >= 4 is 15.6 Å². The number of rotatable bonds is 3. The molecule has 1 aromatic carbocycles. The van der Waals surface area contributed by atoms with Gasteiger partial charge in [0.15, 0.2) is 15.6 Å². The lowest BCUT2D eigenvalue weighted by Gasteiger charge is -2.38. The Labute approximate surface area is 102 Å². The van der Waals surface area contributed by atoms with Gasteiger partial charge in [0.1, 0.15) is 4.75 Å². The second-order valence-electron chi connectivity index (χ2n) is 4.72. The van der Waals surface area contributed by atoms with E-state index in [9.17, 15) is 13.2 Å². The number of hydrogen-bond acceptors (Lipinski definition) is 3. The van der Waals surface area contributed by atoms with Gasteiger partial charge in [0.2, 0.25) is 0 Å². The van der Waals surface area contributed by atoms with Gasteiger partial charge < -0.3 is 0 Å². The summed E-state index contributed by atoms with van der Waals surface area (Å²) in [6.07, 6.45) is 1.72. The third-order valence-corrected chi connectivity index (χ3v) is 6.27. The van der Waals surface area contributed by atoms with Gasteiger partial charge in [0.25, 0.3) is 0 Å². The van der Waals surface area contributed by atoms with E-state index in [4.69, 9.17) is 0 Å². The minimum absolute atomic E-state index is 0.232. The first-order chi connectivity index (χ1) is 7.90. The van der Waals surface area contributed by atoms with Crippen LogP contribution in [0.2, 0.25) is 0 Å². The molecule has 0 radical (unpaired) electrons. The normalized spacial score (nSPS) is 18.5. The molecule has 1 aliphatic carbocycles. The van der Waals surface area contributed by atoms with Crippen LogP contribution >= 0.6 is 0 Å². The second-order valence-corrected chi connectivity index (χ2v) is 6.98. The van der Waals surface area contributed by atoms with Crippen molar-refractivity contribution in [2.24, 2.45) is 0 Å². The molecule has 3 nitrogen and oxygen atoms in total. The predicted octanol–water partition coefficient (Wildman–Crippen LogP) is 2.28. The maximum absolute atomic E-state index is 12.5. The number of carbonyl (C=O) groups excluding carboxylic acids is 1. The van der Waals surface area contributed by atoms with Crippen LogP contribution in [0.1, 0.15) is 31.7 Å². The highest BCUT2D eigenvalue weighted by Crippen LogP contribution is 2.43. The maximum Gasteiger partial charge on any atom is 0.191 e. The minimum Gasteiger partial charge on any atom is -0.298 e. The molecule has 92 valence electrons. The van der Waals surface area contributed by atoms with Gasteiger partial charge in [0, 0.05) is 0 Å². The van der Waals surface area contributed by atoms with Crippen LogP contribution in [0, 0.1) is 6.92 Å². The smallest absolute Gasteiger partial charge is 0.191 e. The van der Waals surface area contributed by atoms with Crippen molar-refractivity contribution in [3.63, 3.8) is 0 Å². The summed E-state index contributed by atoms with van der Waals surface area (Å²) in [5.41, 5.74) is 1.01. The molecule has 0 N–H and O–H groups in total. The van der Waals surface area contributed by atoms with E-state index >= 15 is 0 Å². The Morgan fingerprint density at radius 2 is 1.71 bits per heavy atom. The van der Waals surface area contributed by atoms with Gasteiger partial charge in [-0.25, -0.2) is 8.42 Å². The molecule has 1 aromatic rings. The van der Waals surface area contributed by atoms with Crippen molar-refractivity contribution in [2.75, 3.05) is 0 Å². The zero-order chi connectivity index (χ0) is 12.7. The van der Waals surface area contributed by atoms with Gasteiger partial charge in [-0.05, 0) is 45.2 Å². The maximum atomic E-state index is 12.5. The quantitative estimate of drug-likeness (QED) is 0.829. The molecule has 0 aliphatic heterocycles. The van der Waals surface area contributed by atoms with Crippen LogP contribution in [0.3, 0.4) is 0 Å². The lowest BCUT2D eigenvalue weighted by Crippen LogP contribution is -2.50. The molecule has 0 spiro atoms. The standard InChI is InChI=1S/C13H16O3S/c1-10-4-6-12(7-5-10)17(15,16)13(11(2)14)8-3-9-13/h4-7H,3,8-9H2,1-2H3. The molecule has 2 rings (SSSR count). The van der Waals surface area contributed by atoms with Crippen LogP contribution in [-0.4, -0.2) is 18.9 Å². The van der Waals surface area contributed by atoms with Crippen LogP contribution in [-0.2, 0) is 14.6 Å². The summed E-state index contributed by atoms with van der Waals surface area (Å²) in [6.45, 7) is 3.28. The van der Waals surface area contributed by atoms with Gasteiger partial charge >= 0.3 is 0 Å². The summed E-state index contributed by atoms with van der Waals surface area (Å²) in [5, 5.41) is 0. The summed E-state index contributed by atoms with van der Waals surface area (Å²) in [6, 6.07) is 6.71. The lowest BCUT2D eigenvalue weighted by atomic mass is 9.81. The van der Waals surface area contributed by atoms with Crippen LogP contribution < -0.4 is 0 Å². The van der Waals surface area contributed by atoms with E-state index in [-0.39, 0.29) is 10.7 Å². The molecule has 1 saturated carbocycles. The fourth-order valence-corrected chi connectivity index (χ4v) is 4.40. The highest BCUT2D eigenvalue weighted by molar-refractivity contribution is 7.93. The van der Waals surface area contributed by atoms with E-state index in [1.165, 1.54) is 6.92 Å². The summed E-state index contributed by atoms with van der Waals surface area (Å²) in [7, 11) is -3.53. The molecule has 0 heterocycles. The van der Waals surface area contributed by atoms with E-state index in [1.54, 1.807) is 24.3 Å². The molecule has 0 amide bonds. The molecule has 4 heteroatoms. The summed E-state index contributed by atoms with van der Waals surface area (Å²) >= 11 is 0. The van der Waals surface area contributed by atoms with Crippen LogP contribution in [0.25, 0.3) is 0 Å². The highest BCUT2D eigenvalue weighted by atomic mass is 32.2. The molecular weight excluding hydrogens is 236 g/mol. The molecule has 0 bridgehead atoms. The summed E-state index contributed by atoms with van der Waals surface area (Å²) < 4.78 is 23.8. The van der Waals surface area contributed by atoms with Gasteiger partial charge in [-0.15, -0.1) is 0 Å². The first-order valence-corrected chi connectivity index (χ1v) is 7.21. The van der Waals surface area contributed by atoms with Crippen molar-refractivity contribution in [1.82, 2.24) is 0 Å². The molecule has 1 aliphatic rings. The number of carbonyl (C=O) groups is 1. The fraction of sp³-hybridized carbons (Fsp3) is 0.462. The Balaban J connectivity index is 2.49. The van der Waals surface area contributed by atoms with Crippen molar-refractivity contribution in [2.45, 2.75) is 42.8 Å². The second kappa shape index (κ2) is 3.95. The average molecular weight is 252 g/mol. The van der Waals surface area contributed by atoms with Crippen molar-refractivity contribution in [3.8, 4) is 0 Å². The third kappa shape index (κ3) is 1.71.